The Kier molecular flexibility index (Phi) is 3.46. The summed E-state index contributed by atoms with van der Waals surface area (Å²) in [6, 6.07) is 1.74. The number of nitrogens with zero attached hydrogens (tertiary/aromatic N) is 1. The third kappa shape index (κ3) is 2.23. The van der Waals surface area contributed by atoms with Crippen LogP contribution in [0.3, 0.4) is 0 Å². The highest BCUT2D eigenvalue weighted by Crippen LogP contribution is 2.12. The molecule has 14 heavy (non-hydrogen) atoms. The molecule has 0 atom stereocenters. The highest BCUT2D eigenvalue weighted by atomic mass is 79.9. The molecule has 0 unspecified atom stereocenters. The molecular formula is C9H11BrNO3+. The molecule has 0 bridgehead atoms. The first kappa shape index (κ1) is 11.0. The number of pyridine rings is 1. The van der Waals surface area contributed by atoms with Crippen molar-refractivity contribution in [1.29, 1.82) is 0 Å². The van der Waals surface area contributed by atoms with Gasteiger partial charge in [0.2, 0.25) is 6.20 Å². The number of halogens is 1. The first-order chi connectivity index (χ1) is 6.56. The summed E-state index contributed by atoms with van der Waals surface area (Å²) in [5.74, 6) is -0.528. The fourth-order valence-electron chi connectivity index (χ4n) is 1.13. The Balaban J connectivity index is 3.14. The Morgan fingerprint density at radius 1 is 1.71 bits per heavy atom. The molecule has 1 aromatic rings. The summed E-state index contributed by atoms with van der Waals surface area (Å²) in [6.45, 7) is 3.73. The second-order valence-electron chi connectivity index (χ2n) is 2.75. The number of hydrogen-bond acceptors (Lipinski definition) is 3. The summed E-state index contributed by atoms with van der Waals surface area (Å²) < 4.78 is 6.26. The maximum atomic E-state index is 11.4. The van der Waals surface area contributed by atoms with Gasteiger partial charge in [-0.2, -0.15) is 0 Å². The van der Waals surface area contributed by atoms with E-state index in [9.17, 15) is 10.0 Å². The molecular weight excluding hydrogens is 250 g/mol. The zero-order valence-electron chi connectivity index (χ0n) is 7.95. The highest BCUT2D eigenvalue weighted by Gasteiger charge is 2.24. The minimum atomic E-state index is -0.528. The molecule has 1 rings (SSSR count). The van der Waals surface area contributed by atoms with Gasteiger partial charge >= 0.3 is 11.7 Å². The number of esters is 1. The fourth-order valence-corrected chi connectivity index (χ4v) is 1.67. The van der Waals surface area contributed by atoms with Crippen LogP contribution in [0.15, 0.2) is 16.7 Å². The maximum Gasteiger partial charge on any atom is 0.408 e. The Labute approximate surface area is 90.2 Å². The van der Waals surface area contributed by atoms with Gasteiger partial charge in [-0.3, -0.25) is 5.21 Å². The molecule has 0 amide bonds. The van der Waals surface area contributed by atoms with Crippen molar-refractivity contribution in [1.82, 2.24) is 0 Å². The van der Waals surface area contributed by atoms with Crippen LogP contribution in [0.5, 0.6) is 0 Å². The van der Waals surface area contributed by atoms with Gasteiger partial charge in [0.05, 0.1) is 11.1 Å². The lowest BCUT2D eigenvalue weighted by atomic mass is 10.2. The first-order valence-electron chi connectivity index (χ1n) is 4.14. The van der Waals surface area contributed by atoms with Crippen molar-refractivity contribution in [2.24, 2.45) is 0 Å². The molecule has 0 saturated carbocycles. The monoisotopic (exact) mass is 260 g/mol. The zero-order valence-corrected chi connectivity index (χ0v) is 9.54. The summed E-state index contributed by atoms with van der Waals surface area (Å²) in [7, 11) is 0. The third-order valence-corrected chi connectivity index (χ3v) is 2.11. The van der Waals surface area contributed by atoms with Gasteiger partial charge in [0.25, 0.3) is 0 Å². The summed E-state index contributed by atoms with van der Waals surface area (Å²) in [4.78, 5) is 11.4. The molecule has 0 aliphatic carbocycles. The van der Waals surface area contributed by atoms with Crippen LogP contribution in [0.25, 0.3) is 0 Å². The van der Waals surface area contributed by atoms with Crippen molar-refractivity contribution in [2.45, 2.75) is 13.8 Å². The topological polar surface area (TPSA) is 50.4 Å². The van der Waals surface area contributed by atoms with E-state index in [1.165, 1.54) is 6.20 Å². The molecule has 76 valence electrons. The number of hydrogen-bond donors (Lipinski definition) is 1. The van der Waals surface area contributed by atoms with Crippen LogP contribution in [-0.4, -0.2) is 17.8 Å². The summed E-state index contributed by atoms with van der Waals surface area (Å²) >= 11 is 3.20. The highest BCUT2D eigenvalue weighted by molar-refractivity contribution is 9.10. The van der Waals surface area contributed by atoms with Crippen LogP contribution in [-0.2, 0) is 4.74 Å². The Hall–Kier alpha value is -1.10. The Bertz CT molecular complexity index is 342. The van der Waals surface area contributed by atoms with Crippen LogP contribution < -0.4 is 4.73 Å². The van der Waals surface area contributed by atoms with Crippen molar-refractivity contribution >= 4 is 21.9 Å². The van der Waals surface area contributed by atoms with E-state index in [4.69, 9.17) is 4.74 Å². The average Bonchev–Trinajstić information content (AvgIpc) is 2.01. The fraction of sp³-hybridized carbons (Fsp3) is 0.333. The van der Waals surface area contributed by atoms with Crippen molar-refractivity contribution in [2.75, 3.05) is 6.61 Å². The van der Waals surface area contributed by atoms with Crippen LogP contribution in [0.4, 0.5) is 0 Å². The van der Waals surface area contributed by atoms with E-state index >= 15 is 0 Å². The molecule has 0 aliphatic heterocycles. The molecule has 4 nitrogen and oxygen atoms in total. The summed E-state index contributed by atoms with van der Waals surface area (Å²) in [5, 5.41) is 9.46. The van der Waals surface area contributed by atoms with Crippen LogP contribution in [0.1, 0.15) is 23.0 Å². The molecule has 0 aliphatic rings. The minimum Gasteiger partial charge on any atom is -0.458 e. The van der Waals surface area contributed by atoms with Gasteiger partial charge < -0.3 is 4.74 Å². The predicted octanol–water partition coefficient (Wildman–Crippen LogP) is 1.46. The van der Waals surface area contributed by atoms with Crippen molar-refractivity contribution in [3.63, 3.8) is 0 Å². The maximum absolute atomic E-state index is 11.4. The standard InChI is InChI=1S/C9H11BrNO3/c1-3-14-9(12)8-6(2)4-7(10)5-11(8)13/h4-5,13H,3H2,1-2H3/q+1. The van der Waals surface area contributed by atoms with Gasteiger partial charge in [-0.05, 0) is 35.8 Å². The third-order valence-electron chi connectivity index (χ3n) is 1.67. The molecule has 5 heteroatoms. The van der Waals surface area contributed by atoms with E-state index in [0.29, 0.717) is 10.0 Å². The molecule has 0 saturated heterocycles. The normalized spacial score (nSPS) is 9.93. The number of aryl methyl sites for hydroxylation is 1. The van der Waals surface area contributed by atoms with Crippen LogP contribution in [0.2, 0.25) is 0 Å². The molecule has 1 N–H and O–H groups in total. The molecule has 1 heterocycles. The van der Waals surface area contributed by atoms with E-state index in [-0.39, 0.29) is 12.3 Å². The second kappa shape index (κ2) is 4.41. The van der Waals surface area contributed by atoms with Gasteiger partial charge in [-0.1, -0.05) is 0 Å². The molecule has 0 radical (unpaired) electrons. The zero-order chi connectivity index (χ0) is 10.7. The first-order valence-corrected chi connectivity index (χ1v) is 4.93. The Morgan fingerprint density at radius 2 is 2.36 bits per heavy atom. The lowest BCUT2D eigenvalue weighted by Gasteiger charge is -2.00. The van der Waals surface area contributed by atoms with Crippen molar-refractivity contribution < 1.29 is 19.5 Å². The quantitative estimate of drug-likeness (QED) is 0.498. The lowest BCUT2D eigenvalue weighted by Crippen LogP contribution is -2.39. The SMILES string of the molecule is CCOC(=O)c1c(C)cc(Br)c[n+]1O. The van der Waals surface area contributed by atoms with E-state index in [0.717, 1.165) is 4.73 Å². The van der Waals surface area contributed by atoms with Crippen LogP contribution in [0, 0.1) is 6.92 Å². The Morgan fingerprint density at radius 3 is 2.86 bits per heavy atom. The summed E-state index contributed by atoms with van der Waals surface area (Å²) in [5.41, 5.74) is 0.801. The number of carbonyl (C=O) groups excluding carboxylic acids is 1. The number of rotatable bonds is 2. The molecule has 0 fully saturated rings. The van der Waals surface area contributed by atoms with Gasteiger partial charge in [-0.25, -0.2) is 4.79 Å². The van der Waals surface area contributed by atoms with Crippen LogP contribution >= 0.6 is 15.9 Å². The second-order valence-corrected chi connectivity index (χ2v) is 3.67. The van der Waals surface area contributed by atoms with Gasteiger partial charge in [0.15, 0.2) is 0 Å². The van der Waals surface area contributed by atoms with E-state index < -0.39 is 5.97 Å². The summed E-state index contributed by atoms with van der Waals surface area (Å²) in [6.07, 6.45) is 1.39. The predicted molar refractivity (Wildman–Crippen MR) is 52.2 cm³/mol. The molecule has 0 aromatic carbocycles. The van der Waals surface area contributed by atoms with Gasteiger partial charge in [-0.15, -0.1) is 0 Å². The number of aromatic nitrogens is 1. The molecule has 1 aromatic heterocycles. The van der Waals surface area contributed by atoms with Crippen molar-refractivity contribution in [3.05, 3.63) is 28.0 Å². The lowest BCUT2D eigenvalue weighted by molar-refractivity contribution is -0.906. The number of ether oxygens (including phenoxy) is 1. The largest absolute Gasteiger partial charge is 0.458 e. The average molecular weight is 261 g/mol. The van der Waals surface area contributed by atoms with Gasteiger partial charge in [0, 0.05) is 10.3 Å². The van der Waals surface area contributed by atoms with E-state index in [1.807, 2.05) is 0 Å². The minimum absolute atomic E-state index is 0.148. The smallest absolute Gasteiger partial charge is 0.408 e. The van der Waals surface area contributed by atoms with Gasteiger partial charge in [0.1, 0.15) is 0 Å². The van der Waals surface area contributed by atoms with E-state index in [2.05, 4.69) is 15.9 Å². The van der Waals surface area contributed by atoms with E-state index in [1.54, 1.807) is 19.9 Å². The van der Waals surface area contributed by atoms with Crippen molar-refractivity contribution in [3.8, 4) is 0 Å². The molecule has 0 spiro atoms. The number of carbonyl (C=O) groups is 1.